The van der Waals surface area contributed by atoms with Gasteiger partial charge in [-0.25, -0.2) is 14.4 Å². The molecule has 0 aliphatic carbocycles. The second kappa shape index (κ2) is 12.3. The van der Waals surface area contributed by atoms with E-state index >= 15 is 0 Å². The topological polar surface area (TPSA) is 82.2 Å². The van der Waals surface area contributed by atoms with Gasteiger partial charge in [0.2, 0.25) is 5.88 Å². The van der Waals surface area contributed by atoms with Crippen molar-refractivity contribution < 1.29 is 31.8 Å². The number of benzene rings is 3. The molecule has 0 N–H and O–H groups in total. The number of alkyl halides is 3. The lowest BCUT2D eigenvalue weighted by Crippen LogP contribution is -2.18. The van der Waals surface area contributed by atoms with E-state index in [9.17, 15) is 17.6 Å². The fraction of sp³-hybridized carbons (Fsp3) is 0.194. The molecular formula is C31H24F4N4O3. The molecule has 11 heteroatoms. The van der Waals surface area contributed by atoms with Gasteiger partial charge in [0, 0.05) is 42.8 Å². The number of methoxy groups -OCH3 is 1. The van der Waals surface area contributed by atoms with E-state index in [1.165, 1.54) is 18.2 Å². The van der Waals surface area contributed by atoms with Crippen LogP contribution in [0.15, 0.2) is 78.9 Å². The van der Waals surface area contributed by atoms with Crippen molar-refractivity contribution in [1.29, 1.82) is 5.26 Å². The average Bonchev–Trinajstić information content (AvgIpc) is 3.32. The van der Waals surface area contributed by atoms with Crippen molar-refractivity contribution in [3.63, 3.8) is 0 Å². The van der Waals surface area contributed by atoms with Crippen LogP contribution >= 0.6 is 0 Å². The zero-order chi connectivity index (χ0) is 29.7. The number of hydrogen-bond acceptors (Lipinski definition) is 6. The molecule has 0 fully saturated rings. The molecule has 0 saturated heterocycles. The van der Waals surface area contributed by atoms with Crippen LogP contribution in [0.5, 0.6) is 11.6 Å². The number of pyridine rings is 1. The summed E-state index contributed by atoms with van der Waals surface area (Å²) < 4.78 is 71.9. The Morgan fingerprint density at radius 1 is 0.929 bits per heavy atom. The molecule has 2 aromatic heterocycles. The van der Waals surface area contributed by atoms with Gasteiger partial charge in [0.1, 0.15) is 24.0 Å². The minimum absolute atomic E-state index is 0.0802. The van der Waals surface area contributed by atoms with Crippen LogP contribution in [-0.4, -0.2) is 34.6 Å². The molecule has 0 bridgehead atoms. The van der Waals surface area contributed by atoms with Gasteiger partial charge in [-0.1, -0.05) is 36.4 Å². The van der Waals surface area contributed by atoms with Gasteiger partial charge in [-0.3, -0.25) is 0 Å². The summed E-state index contributed by atoms with van der Waals surface area (Å²) in [5.41, 5.74) is 2.96. The van der Waals surface area contributed by atoms with E-state index in [0.717, 1.165) is 17.1 Å². The highest BCUT2D eigenvalue weighted by Gasteiger charge is 2.32. The van der Waals surface area contributed by atoms with E-state index in [2.05, 4.69) is 14.7 Å². The number of hydrogen-bond donors (Lipinski definition) is 0. The predicted molar refractivity (Wildman–Crippen MR) is 146 cm³/mol. The lowest BCUT2D eigenvalue weighted by molar-refractivity contribution is -0.274. The highest BCUT2D eigenvalue weighted by molar-refractivity contribution is 5.76. The van der Waals surface area contributed by atoms with Crippen molar-refractivity contribution in [2.24, 2.45) is 0 Å². The molecular weight excluding hydrogens is 552 g/mol. The van der Waals surface area contributed by atoms with Crippen LogP contribution in [0, 0.1) is 17.1 Å². The minimum atomic E-state index is -4.92. The van der Waals surface area contributed by atoms with Crippen LogP contribution in [0.3, 0.4) is 0 Å². The predicted octanol–water partition coefficient (Wildman–Crippen LogP) is 6.82. The summed E-state index contributed by atoms with van der Waals surface area (Å²) >= 11 is 0. The molecule has 0 aliphatic rings. The first-order chi connectivity index (χ1) is 20.2. The quantitative estimate of drug-likeness (QED) is 0.170. The summed E-state index contributed by atoms with van der Waals surface area (Å²) in [7, 11) is 1.58. The van der Waals surface area contributed by atoms with E-state index in [4.69, 9.17) is 14.7 Å². The van der Waals surface area contributed by atoms with Crippen LogP contribution in [0.4, 0.5) is 17.6 Å². The maximum atomic E-state index is 14.2. The number of para-hydroxylation sites is 2. The van der Waals surface area contributed by atoms with Crippen LogP contribution < -0.4 is 9.47 Å². The largest absolute Gasteiger partial charge is 0.573 e. The molecule has 0 saturated carbocycles. The minimum Gasteiger partial charge on any atom is -0.473 e. The molecule has 5 rings (SSSR count). The van der Waals surface area contributed by atoms with Crippen molar-refractivity contribution in [1.82, 2.24) is 14.5 Å². The Morgan fingerprint density at radius 3 is 2.50 bits per heavy atom. The molecule has 0 amide bonds. The first kappa shape index (κ1) is 28.6. The molecule has 2 heterocycles. The number of nitriles is 1. The molecule has 0 aliphatic heterocycles. The smallest absolute Gasteiger partial charge is 0.473 e. The first-order valence-electron chi connectivity index (χ1n) is 12.8. The summed E-state index contributed by atoms with van der Waals surface area (Å²) in [5, 5.41) is 8.91. The third-order valence-corrected chi connectivity index (χ3v) is 6.47. The summed E-state index contributed by atoms with van der Waals surface area (Å²) in [6.07, 6.45) is -4.84. The molecule has 42 heavy (non-hydrogen) atoms. The van der Waals surface area contributed by atoms with Gasteiger partial charge >= 0.3 is 6.36 Å². The molecule has 0 unspecified atom stereocenters. The zero-order valence-electron chi connectivity index (χ0n) is 22.4. The number of fused-ring (bicyclic) bond motifs is 1. The Hall–Kier alpha value is -4.95. The van der Waals surface area contributed by atoms with Gasteiger partial charge in [-0.2, -0.15) is 5.26 Å². The third-order valence-electron chi connectivity index (χ3n) is 6.47. The van der Waals surface area contributed by atoms with Gasteiger partial charge in [0.05, 0.1) is 35.0 Å². The Bertz CT molecular complexity index is 1760. The number of nitrogens with zero attached hydrogens (tertiary/aromatic N) is 4. The van der Waals surface area contributed by atoms with E-state index in [1.54, 1.807) is 37.4 Å². The number of imidazole rings is 1. The fourth-order valence-corrected chi connectivity index (χ4v) is 4.48. The molecule has 214 valence electrons. The number of rotatable bonds is 10. The highest BCUT2D eigenvalue weighted by Crippen LogP contribution is 2.33. The van der Waals surface area contributed by atoms with Crippen LogP contribution in [-0.2, 0) is 24.3 Å². The molecule has 0 radical (unpaired) electrons. The fourth-order valence-electron chi connectivity index (χ4n) is 4.48. The second-order valence-corrected chi connectivity index (χ2v) is 9.28. The first-order valence-corrected chi connectivity index (χ1v) is 12.8. The molecule has 0 spiro atoms. The standard InChI is InChI=1S/C31H24F4N4O3/c1-40-14-13-39-27-7-3-2-5-26(27)37-29(39)17-22-12-11-21(16-28(22)42-31(33,34)35)25-6-4-8-30(38-25)41-19-23-10-9-20(18-36)15-24(23)32/h2-12,15-16H,13-14,17,19H2,1H3. The van der Waals surface area contributed by atoms with E-state index in [0.29, 0.717) is 30.2 Å². The summed E-state index contributed by atoms with van der Waals surface area (Å²) in [6, 6.07) is 22.6. The Labute approximate surface area is 238 Å². The Kier molecular flexibility index (Phi) is 8.36. The lowest BCUT2D eigenvalue weighted by atomic mass is 10.0. The second-order valence-electron chi connectivity index (χ2n) is 9.28. The molecule has 5 aromatic rings. The summed E-state index contributed by atoms with van der Waals surface area (Å²) in [5.74, 6) is -0.259. The van der Waals surface area contributed by atoms with Crippen molar-refractivity contribution in [2.75, 3.05) is 13.7 Å². The number of halogens is 4. The maximum Gasteiger partial charge on any atom is 0.573 e. The van der Waals surface area contributed by atoms with E-state index in [-0.39, 0.29) is 41.3 Å². The Balaban J connectivity index is 1.43. The molecule has 3 aromatic carbocycles. The summed E-state index contributed by atoms with van der Waals surface area (Å²) in [4.78, 5) is 9.04. The van der Waals surface area contributed by atoms with Crippen LogP contribution in [0.25, 0.3) is 22.3 Å². The molecule has 0 atom stereocenters. The third kappa shape index (κ3) is 6.67. The maximum absolute atomic E-state index is 14.2. The van der Waals surface area contributed by atoms with Crippen molar-refractivity contribution >= 4 is 11.0 Å². The number of aromatic nitrogens is 3. The average molecular weight is 577 g/mol. The van der Waals surface area contributed by atoms with Gasteiger partial charge in [-0.15, -0.1) is 13.2 Å². The van der Waals surface area contributed by atoms with Gasteiger partial charge in [-0.05, 0) is 36.4 Å². The molecule has 7 nitrogen and oxygen atoms in total. The van der Waals surface area contributed by atoms with Crippen molar-refractivity contribution in [3.8, 4) is 29.0 Å². The SMILES string of the molecule is COCCn1c(Cc2ccc(-c3cccc(OCc4ccc(C#N)cc4F)n3)cc2OC(F)(F)F)nc2ccccc21. The zero-order valence-corrected chi connectivity index (χ0v) is 22.4. The number of ether oxygens (including phenoxy) is 3. The van der Waals surface area contributed by atoms with Gasteiger partial charge in [0.25, 0.3) is 0 Å². The summed E-state index contributed by atoms with van der Waals surface area (Å²) in [6.45, 7) is 0.725. The lowest BCUT2D eigenvalue weighted by Gasteiger charge is -2.16. The monoisotopic (exact) mass is 576 g/mol. The van der Waals surface area contributed by atoms with E-state index in [1.807, 2.05) is 34.9 Å². The van der Waals surface area contributed by atoms with Gasteiger partial charge in [0.15, 0.2) is 0 Å². The normalized spacial score (nSPS) is 11.4. The highest BCUT2D eigenvalue weighted by atomic mass is 19.4. The van der Waals surface area contributed by atoms with Crippen molar-refractivity contribution in [3.05, 3.63) is 107 Å². The Morgan fingerprint density at radius 2 is 1.74 bits per heavy atom. The van der Waals surface area contributed by atoms with E-state index < -0.39 is 12.2 Å². The van der Waals surface area contributed by atoms with Gasteiger partial charge < -0.3 is 18.8 Å². The van der Waals surface area contributed by atoms with Crippen LogP contribution in [0.1, 0.15) is 22.5 Å². The van der Waals surface area contributed by atoms with Crippen molar-refractivity contribution in [2.45, 2.75) is 25.9 Å². The van der Waals surface area contributed by atoms with Crippen LogP contribution in [0.2, 0.25) is 0 Å².